The molecule has 1 aliphatic heterocycles. The standard InChI is InChI=1S/C14H17Cl2N3O3.ClH/c15-8-1-3-10(16)11(5-8)19-13(20)7-18-14(21)12-4-2-9(6-17)22-12;/h1,3,5,9,12H,2,4,6-7,17H2,(H,18,21)(H,19,20);1H/t9-,12+;/m1./s1. The summed E-state index contributed by atoms with van der Waals surface area (Å²) in [6.45, 7) is 0.215. The molecular weight excluding hydrogens is 365 g/mol. The lowest BCUT2D eigenvalue weighted by Gasteiger charge is -2.13. The molecule has 1 saturated heterocycles. The summed E-state index contributed by atoms with van der Waals surface area (Å²) in [5.74, 6) is -0.714. The number of anilines is 1. The Morgan fingerprint density at radius 3 is 2.70 bits per heavy atom. The van der Waals surface area contributed by atoms with Gasteiger partial charge in [0.2, 0.25) is 11.8 Å². The molecule has 1 aromatic carbocycles. The quantitative estimate of drug-likeness (QED) is 0.726. The highest BCUT2D eigenvalue weighted by molar-refractivity contribution is 6.35. The SMILES string of the molecule is Cl.NC[C@H]1CC[C@@H](C(=O)NCC(=O)Nc2cc(Cl)ccc2Cl)O1. The Bertz CT molecular complexity index is 571. The third-order valence-electron chi connectivity index (χ3n) is 3.29. The van der Waals surface area contributed by atoms with Gasteiger partial charge in [-0.3, -0.25) is 9.59 Å². The van der Waals surface area contributed by atoms with E-state index in [1.807, 2.05) is 0 Å². The Labute approximate surface area is 150 Å². The molecular formula is C14H18Cl3N3O3. The molecule has 128 valence electrons. The molecule has 0 bridgehead atoms. The average molecular weight is 383 g/mol. The van der Waals surface area contributed by atoms with Crippen LogP contribution >= 0.6 is 35.6 Å². The summed E-state index contributed by atoms with van der Waals surface area (Å²) in [6, 6.07) is 4.74. The van der Waals surface area contributed by atoms with Gasteiger partial charge < -0.3 is 21.1 Å². The lowest BCUT2D eigenvalue weighted by atomic mass is 10.2. The van der Waals surface area contributed by atoms with Crippen molar-refractivity contribution in [3.05, 3.63) is 28.2 Å². The molecule has 23 heavy (non-hydrogen) atoms. The molecule has 1 aliphatic rings. The Kier molecular flexibility index (Phi) is 8.08. The summed E-state index contributed by atoms with van der Waals surface area (Å²) >= 11 is 11.8. The highest BCUT2D eigenvalue weighted by Gasteiger charge is 2.29. The first kappa shape index (κ1) is 20.0. The van der Waals surface area contributed by atoms with Gasteiger partial charge in [-0.25, -0.2) is 0 Å². The Morgan fingerprint density at radius 1 is 1.30 bits per heavy atom. The molecule has 1 fully saturated rings. The number of hydrogen-bond donors (Lipinski definition) is 3. The van der Waals surface area contributed by atoms with E-state index < -0.39 is 12.0 Å². The number of carbonyl (C=O) groups excluding carboxylic acids is 2. The molecule has 0 aromatic heterocycles. The molecule has 1 heterocycles. The molecule has 0 unspecified atom stereocenters. The normalized spacial score (nSPS) is 19.8. The molecule has 2 atom stereocenters. The smallest absolute Gasteiger partial charge is 0.249 e. The van der Waals surface area contributed by atoms with Crippen LogP contribution in [0.5, 0.6) is 0 Å². The van der Waals surface area contributed by atoms with Gasteiger partial charge in [-0.05, 0) is 31.0 Å². The maximum Gasteiger partial charge on any atom is 0.249 e. The number of halogens is 3. The number of carbonyl (C=O) groups is 2. The average Bonchev–Trinajstić information content (AvgIpc) is 2.97. The van der Waals surface area contributed by atoms with Crippen LogP contribution in [0.1, 0.15) is 12.8 Å². The van der Waals surface area contributed by atoms with E-state index in [0.717, 1.165) is 6.42 Å². The fourth-order valence-corrected chi connectivity index (χ4v) is 2.48. The van der Waals surface area contributed by atoms with Gasteiger partial charge in [0.05, 0.1) is 23.4 Å². The van der Waals surface area contributed by atoms with Crippen LogP contribution in [-0.2, 0) is 14.3 Å². The van der Waals surface area contributed by atoms with E-state index in [4.69, 9.17) is 33.7 Å². The van der Waals surface area contributed by atoms with Gasteiger partial charge in [0.25, 0.3) is 0 Å². The first-order valence-electron chi connectivity index (χ1n) is 6.87. The van der Waals surface area contributed by atoms with E-state index in [1.165, 1.54) is 6.07 Å². The highest BCUT2D eigenvalue weighted by atomic mass is 35.5. The van der Waals surface area contributed by atoms with Gasteiger partial charge in [0, 0.05) is 11.6 Å². The predicted molar refractivity (Wildman–Crippen MR) is 92.3 cm³/mol. The van der Waals surface area contributed by atoms with Crippen molar-refractivity contribution in [3.8, 4) is 0 Å². The lowest BCUT2D eigenvalue weighted by molar-refractivity contribution is -0.133. The number of ether oxygens (including phenoxy) is 1. The van der Waals surface area contributed by atoms with Crippen molar-refractivity contribution in [2.45, 2.75) is 25.0 Å². The van der Waals surface area contributed by atoms with Crippen molar-refractivity contribution in [1.29, 1.82) is 0 Å². The van der Waals surface area contributed by atoms with Crippen LogP contribution in [0.25, 0.3) is 0 Å². The number of nitrogens with one attached hydrogen (secondary N) is 2. The van der Waals surface area contributed by atoms with Crippen LogP contribution in [0, 0.1) is 0 Å². The maximum atomic E-state index is 11.9. The molecule has 4 N–H and O–H groups in total. The molecule has 0 aliphatic carbocycles. The van der Waals surface area contributed by atoms with Crippen LogP contribution in [0.3, 0.4) is 0 Å². The number of amides is 2. The summed E-state index contributed by atoms with van der Waals surface area (Å²) in [5.41, 5.74) is 5.88. The number of nitrogens with two attached hydrogens (primary N) is 1. The van der Waals surface area contributed by atoms with Gasteiger partial charge in [-0.1, -0.05) is 23.2 Å². The zero-order valence-electron chi connectivity index (χ0n) is 12.2. The fraction of sp³-hybridized carbons (Fsp3) is 0.429. The van der Waals surface area contributed by atoms with Gasteiger partial charge in [-0.2, -0.15) is 0 Å². The van der Waals surface area contributed by atoms with Crippen LogP contribution in [0.4, 0.5) is 5.69 Å². The summed E-state index contributed by atoms with van der Waals surface area (Å²) in [4.78, 5) is 23.7. The van der Waals surface area contributed by atoms with Crippen molar-refractivity contribution in [1.82, 2.24) is 5.32 Å². The summed E-state index contributed by atoms with van der Waals surface area (Å²) in [5, 5.41) is 5.94. The summed E-state index contributed by atoms with van der Waals surface area (Å²) in [6.07, 6.45) is 0.722. The summed E-state index contributed by atoms with van der Waals surface area (Å²) < 4.78 is 5.45. The van der Waals surface area contributed by atoms with Crippen molar-refractivity contribution in [2.75, 3.05) is 18.4 Å². The molecule has 0 spiro atoms. The van der Waals surface area contributed by atoms with E-state index in [-0.39, 0.29) is 31.0 Å². The minimum Gasteiger partial charge on any atom is -0.364 e. The van der Waals surface area contributed by atoms with Gasteiger partial charge in [-0.15, -0.1) is 12.4 Å². The van der Waals surface area contributed by atoms with Crippen molar-refractivity contribution < 1.29 is 14.3 Å². The topological polar surface area (TPSA) is 93.5 Å². The number of hydrogen-bond acceptors (Lipinski definition) is 4. The van der Waals surface area contributed by atoms with E-state index in [2.05, 4.69) is 10.6 Å². The number of rotatable bonds is 5. The zero-order valence-corrected chi connectivity index (χ0v) is 14.5. The minimum atomic E-state index is -0.545. The maximum absolute atomic E-state index is 11.9. The lowest BCUT2D eigenvalue weighted by Crippen LogP contribution is -2.39. The van der Waals surface area contributed by atoms with Gasteiger partial charge >= 0.3 is 0 Å². The molecule has 2 amide bonds. The number of benzene rings is 1. The molecule has 6 nitrogen and oxygen atoms in total. The van der Waals surface area contributed by atoms with Gasteiger partial charge in [0.15, 0.2) is 0 Å². The third kappa shape index (κ3) is 5.82. The molecule has 0 radical (unpaired) electrons. The Morgan fingerprint density at radius 2 is 2.04 bits per heavy atom. The fourth-order valence-electron chi connectivity index (χ4n) is 2.14. The van der Waals surface area contributed by atoms with E-state index >= 15 is 0 Å². The van der Waals surface area contributed by atoms with E-state index in [0.29, 0.717) is 28.7 Å². The molecule has 0 saturated carbocycles. The first-order chi connectivity index (χ1) is 10.5. The Hall–Kier alpha value is -1.05. The van der Waals surface area contributed by atoms with Crippen LogP contribution < -0.4 is 16.4 Å². The predicted octanol–water partition coefficient (Wildman–Crippen LogP) is 1.98. The minimum absolute atomic E-state index is 0. The Balaban J connectivity index is 0.00000264. The summed E-state index contributed by atoms with van der Waals surface area (Å²) in [7, 11) is 0. The van der Waals surface area contributed by atoms with Crippen LogP contribution in [0.15, 0.2) is 18.2 Å². The molecule has 1 aromatic rings. The molecule has 2 rings (SSSR count). The highest BCUT2D eigenvalue weighted by Crippen LogP contribution is 2.25. The van der Waals surface area contributed by atoms with E-state index in [9.17, 15) is 9.59 Å². The largest absolute Gasteiger partial charge is 0.364 e. The van der Waals surface area contributed by atoms with Gasteiger partial charge in [0.1, 0.15) is 6.10 Å². The molecule has 9 heteroatoms. The van der Waals surface area contributed by atoms with Crippen molar-refractivity contribution in [3.63, 3.8) is 0 Å². The van der Waals surface area contributed by atoms with E-state index in [1.54, 1.807) is 12.1 Å². The second kappa shape index (κ2) is 9.30. The second-order valence-electron chi connectivity index (χ2n) is 4.95. The first-order valence-corrected chi connectivity index (χ1v) is 7.63. The second-order valence-corrected chi connectivity index (χ2v) is 5.79. The van der Waals surface area contributed by atoms with Crippen LogP contribution in [-0.4, -0.2) is 37.1 Å². The van der Waals surface area contributed by atoms with Crippen molar-refractivity contribution >= 4 is 53.1 Å². The monoisotopic (exact) mass is 381 g/mol. The van der Waals surface area contributed by atoms with Crippen molar-refractivity contribution in [2.24, 2.45) is 5.73 Å². The van der Waals surface area contributed by atoms with Crippen LogP contribution in [0.2, 0.25) is 10.0 Å². The third-order valence-corrected chi connectivity index (χ3v) is 3.85. The zero-order chi connectivity index (χ0) is 16.1.